The molecule has 0 aliphatic carbocycles. The fraction of sp³-hybridized carbons (Fsp3) is 0. The Morgan fingerprint density at radius 1 is 0.913 bits per heavy atom. The predicted molar refractivity (Wildman–Crippen MR) is 86.9 cm³/mol. The second-order valence-corrected chi connectivity index (χ2v) is 5.22. The quantitative estimate of drug-likeness (QED) is 0.681. The number of barbiturate groups is 1. The molecule has 0 aromatic heterocycles. The van der Waals surface area contributed by atoms with Gasteiger partial charge in [0.2, 0.25) is 0 Å². The summed E-state index contributed by atoms with van der Waals surface area (Å²) in [6.07, 6.45) is 1.38. The third-order valence-electron chi connectivity index (χ3n) is 3.32. The zero-order valence-electron chi connectivity index (χ0n) is 11.8. The molecule has 0 saturated carbocycles. The second-order valence-electron chi connectivity index (χ2n) is 4.81. The zero-order valence-corrected chi connectivity index (χ0v) is 12.6. The lowest BCUT2D eigenvalue weighted by atomic mass is 10.1. The van der Waals surface area contributed by atoms with Gasteiger partial charge in [-0.1, -0.05) is 48.0 Å². The molecular weight excluding hydrogens is 316 g/mol. The van der Waals surface area contributed by atoms with E-state index < -0.39 is 17.8 Å². The van der Waals surface area contributed by atoms with Gasteiger partial charge in [-0.2, -0.15) is 0 Å². The van der Waals surface area contributed by atoms with Crippen molar-refractivity contribution in [1.82, 2.24) is 5.32 Å². The van der Waals surface area contributed by atoms with Gasteiger partial charge in [0.15, 0.2) is 0 Å². The van der Waals surface area contributed by atoms with Crippen LogP contribution in [0.15, 0.2) is 60.2 Å². The van der Waals surface area contributed by atoms with Gasteiger partial charge in [0.25, 0.3) is 11.8 Å². The third kappa shape index (κ3) is 2.86. The number of carbonyl (C=O) groups is 3. The summed E-state index contributed by atoms with van der Waals surface area (Å²) in [4.78, 5) is 37.5. The van der Waals surface area contributed by atoms with Gasteiger partial charge in [-0.3, -0.25) is 14.9 Å². The summed E-state index contributed by atoms with van der Waals surface area (Å²) in [5, 5.41) is 2.57. The van der Waals surface area contributed by atoms with Gasteiger partial charge in [0.1, 0.15) is 5.57 Å². The SMILES string of the molecule is O=C1NC(=O)N(c2ccccc2)C(=O)/C1=C/c1ccccc1Cl. The molecule has 3 rings (SSSR count). The van der Waals surface area contributed by atoms with Crippen LogP contribution >= 0.6 is 11.6 Å². The number of hydrogen-bond acceptors (Lipinski definition) is 3. The van der Waals surface area contributed by atoms with Gasteiger partial charge in [-0.25, -0.2) is 9.69 Å². The van der Waals surface area contributed by atoms with Crippen molar-refractivity contribution < 1.29 is 14.4 Å². The van der Waals surface area contributed by atoms with Gasteiger partial charge in [-0.05, 0) is 29.8 Å². The summed E-state index contributed by atoms with van der Waals surface area (Å²) in [6, 6.07) is 14.4. The highest BCUT2D eigenvalue weighted by molar-refractivity contribution is 6.39. The van der Waals surface area contributed by atoms with Crippen molar-refractivity contribution in [1.29, 1.82) is 0 Å². The van der Waals surface area contributed by atoms with E-state index in [-0.39, 0.29) is 5.57 Å². The van der Waals surface area contributed by atoms with Crippen molar-refractivity contribution in [2.75, 3.05) is 4.90 Å². The molecular formula is C17H11ClN2O3. The number of urea groups is 1. The van der Waals surface area contributed by atoms with Crippen LogP contribution in [0, 0.1) is 0 Å². The normalized spacial score (nSPS) is 16.7. The minimum absolute atomic E-state index is 0.151. The highest BCUT2D eigenvalue weighted by Gasteiger charge is 2.36. The number of amides is 4. The van der Waals surface area contributed by atoms with E-state index in [0.29, 0.717) is 16.3 Å². The number of anilines is 1. The number of imide groups is 2. The molecule has 0 unspecified atom stereocenters. The average molecular weight is 327 g/mol. The van der Waals surface area contributed by atoms with Crippen LogP contribution in [0.3, 0.4) is 0 Å². The first-order valence-electron chi connectivity index (χ1n) is 6.79. The van der Waals surface area contributed by atoms with Gasteiger partial charge in [0, 0.05) is 5.02 Å². The molecule has 0 bridgehead atoms. The molecule has 1 heterocycles. The number of nitrogens with zero attached hydrogens (tertiary/aromatic N) is 1. The van der Waals surface area contributed by atoms with Gasteiger partial charge in [-0.15, -0.1) is 0 Å². The maximum atomic E-state index is 12.6. The van der Waals surface area contributed by atoms with Crippen molar-refractivity contribution in [2.45, 2.75) is 0 Å². The van der Waals surface area contributed by atoms with E-state index in [1.165, 1.54) is 6.08 Å². The van der Waals surface area contributed by atoms with Crippen molar-refractivity contribution in [3.8, 4) is 0 Å². The van der Waals surface area contributed by atoms with Crippen LogP contribution in [0.2, 0.25) is 5.02 Å². The van der Waals surface area contributed by atoms with Crippen LogP contribution in [0.5, 0.6) is 0 Å². The molecule has 1 N–H and O–H groups in total. The van der Waals surface area contributed by atoms with E-state index in [9.17, 15) is 14.4 Å². The smallest absolute Gasteiger partial charge is 0.273 e. The first-order chi connectivity index (χ1) is 11.1. The molecule has 5 nitrogen and oxygen atoms in total. The Balaban J connectivity index is 2.04. The molecule has 114 valence electrons. The first kappa shape index (κ1) is 15.0. The van der Waals surface area contributed by atoms with Crippen LogP contribution in [-0.4, -0.2) is 17.8 Å². The van der Waals surface area contributed by atoms with Crippen LogP contribution < -0.4 is 10.2 Å². The Hall–Kier alpha value is -2.92. The highest BCUT2D eigenvalue weighted by atomic mass is 35.5. The molecule has 0 spiro atoms. The summed E-state index contributed by atoms with van der Waals surface area (Å²) in [7, 11) is 0. The van der Waals surface area contributed by atoms with Crippen LogP contribution in [-0.2, 0) is 9.59 Å². The molecule has 1 fully saturated rings. The molecule has 2 aromatic rings. The van der Waals surface area contributed by atoms with Crippen molar-refractivity contribution in [3.63, 3.8) is 0 Å². The average Bonchev–Trinajstić information content (AvgIpc) is 2.54. The first-order valence-corrected chi connectivity index (χ1v) is 7.17. The molecule has 1 saturated heterocycles. The van der Waals surface area contributed by atoms with Crippen molar-refractivity contribution in [2.24, 2.45) is 0 Å². The van der Waals surface area contributed by atoms with Gasteiger partial charge in [0.05, 0.1) is 5.69 Å². The van der Waals surface area contributed by atoms with E-state index >= 15 is 0 Å². The minimum atomic E-state index is -0.775. The molecule has 0 atom stereocenters. The maximum Gasteiger partial charge on any atom is 0.335 e. The summed E-state index contributed by atoms with van der Waals surface area (Å²) < 4.78 is 0. The Kier molecular flexibility index (Phi) is 3.95. The Bertz CT molecular complexity index is 831. The monoisotopic (exact) mass is 326 g/mol. The maximum absolute atomic E-state index is 12.6. The summed E-state index contributed by atoms with van der Waals surface area (Å²) in [6.45, 7) is 0. The topological polar surface area (TPSA) is 66.5 Å². The van der Waals surface area contributed by atoms with Crippen LogP contribution in [0.1, 0.15) is 5.56 Å². The Labute approximate surface area is 137 Å². The minimum Gasteiger partial charge on any atom is -0.273 e. The number of benzene rings is 2. The number of para-hydroxylation sites is 1. The van der Waals surface area contributed by atoms with Crippen LogP contribution in [0.4, 0.5) is 10.5 Å². The van der Waals surface area contributed by atoms with E-state index in [1.54, 1.807) is 54.6 Å². The largest absolute Gasteiger partial charge is 0.335 e. The van der Waals surface area contributed by atoms with Gasteiger partial charge < -0.3 is 0 Å². The predicted octanol–water partition coefficient (Wildman–Crippen LogP) is 3.01. The van der Waals surface area contributed by atoms with E-state index in [1.807, 2.05) is 0 Å². The van der Waals surface area contributed by atoms with E-state index in [2.05, 4.69) is 5.32 Å². The van der Waals surface area contributed by atoms with E-state index in [0.717, 1.165) is 4.90 Å². The molecule has 0 radical (unpaired) electrons. The molecule has 2 aromatic carbocycles. The fourth-order valence-electron chi connectivity index (χ4n) is 2.22. The van der Waals surface area contributed by atoms with Crippen LogP contribution in [0.25, 0.3) is 6.08 Å². The summed E-state index contributed by atoms with van der Waals surface area (Å²) in [5.74, 6) is -1.43. The fourth-order valence-corrected chi connectivity index (χ4v) is 2.41. The Morgan fingerprint density at radius 3 is 2.26 bits per heavy atom. The molecule has 6 heteroatoms. The third-order valence-corrected chi connectivity index (χ3v) is 3.67. The summed E-state index contributed by atoms with van der Waals surface area (Å²) in [5.41, 5.74) is 0.754. The molecule has 1 aliphatic rings. The number of halogens is 1. The second kappa shape index (κ2) is 6.06. The summed E-state index contributed by atoms with van der Waals surface area (Å²) >= 11 is 6.05. The number of hydrogen-bond donors (Lipinski definition) is 1. The lowest BCUT2D eigenvalue weighted by Gasteiger charge is -2.26. The molecule has 4 amide bonds. The van der Waals surface area contributed by atoms with E-state index in [4.69, 9.17) is 11.6 Å². The van der Waals surface area contributed by atoms with Crippen molar-refractivity contribution >= 4 is 41.2 Å². The molecule has 1 aliphatic heterocycles. The number of nitrogens with one attached hydrogen (secondary N) is 1. The van der Waals surface area contributed by atoms with Gasteiger partial charge >= 0.3 is 6.03 Å². The Morgan fingerprint density at radius 2 is 1.57 bits per heavy atom. The van der Waals surface area contributed by atoms with Crippen molar-refractivity contribution in [3.05, 3.63) is 70.8 Å². The molecule has 23 heavy (non-hydrogen) atoms. The zero-order chi connectivity index (χ0) is 16.4. The lowest BCUT2D eigenvalue weighted by Crippen LogP contribution is -2.54. The standard InChI is InChI=1S/C17H11ClN2O3/c18-14-9-5-4-6-11(14)10-13-15(21)19-17(23)20(16(13)22)12-7-2-1-3-8-12/h1-10H,(H,19,21,23)/b13-10+. The number of rotatable bonds is 2. The lowest BCUT2D eigenvalue weighted by molar-refractivity contribution is -0.122. The highest BCUT2D eigenvalue weighted by Crippen LogP contribution is 2.23. The number of carbonyl (C=O) groups excluding carboxylic acids is 3.